The van der Waals surface area contributed by atoms with Crippen LogP contribution in [0.15, 0.2) is 10.9 Å². The molecule has 2 saturated heterocycles. The number of aliphatic hydroxyl groups is 1. The summed E-state index contributed by atoms with van der Waals surface area (Å²) in [4.78, 5) is 13.3. The van der Waals surface area contributed by atoms with Crippen LogP contribution in [0.3, 0.4) is 0 Å². The number of fused-ring (bicyclic) bond motifs is 1. The van der Waals surface area contributed by atoms with Gasteiger partial charge >= 0.3 is 7.12 Å². The Morgan fingerprint density at radius 2 is 1.83 bits per heavy atom. The maximum Gasteiger partial charge on any atom is 0.495 e. The van der Waals surface area contributed by atoms with E-state index in [2.05, 4.69) is 10.3 Å². The molecule has 1 N–H and O–H groups in total. The van der Waals surface area contributed by atoms with E-state index < -0.39 is 30.5 Å². The molecule has 3 heterocycles. The molecule has 2 atom stereocenters. The highest BCUT2D eigenvalue weighted by atomic mass is 16.7. The van der Waals surface area contributed by atoms with Crippen LogP contribution in [-0.4, -0.2) is 57.7 Å². The van der Waals surface area contributed by atoms with Gasteiger partial charge in [-0.1, -0.05) is 5.21 Å². The molecule has 2 fully saturated rings. The molecular weight excluding hydrogens is 373 g/mol. The third-order valence-electron chi connectivity index (χ3n) is 6.70. The summed E-state index contributed by atoms with van der Waals surface area (Å²) in [5.74, 6) is 0. The average molecular weight is 401 g/mol. The second kappa shape index (κ2) is 6.87. The maximum absolute atomic E-state index is 13.3. The first-order valence-electron chi connectivity index (χ1n) is 10.0. The number of aliphatic hydroxyl groups excluding tert-OH is 1. The van der Waals surface area contributed by atoms with Gasteiger partial charge in [0.1, 0.15) is 11.6 Å². The van der Waals surface area contributed by atoms with Crippen molar-refractivity contribution in [3.63, 3.8) is 0 Å². The third-order valence-corrected chi connectivity index (χ3v) is 6.70. The highest BCUT2D eigenvalue weighted by Crippen LogP contribution is 2.37. The number of hydrogen-bond donors (Lipinski definition) is 1. The molecule has 0 saturated carbocycles. The summed E-state index contributed by atoms with van der Waals surface area (Å²) in [5.41, 5.74) is 1.93. The smallest absolute Gasteiger partial charge is 0.399 e. The summed E-state index contributed by atoms with van der Waals surface area (Å²) < 4.78 is 19.1. The van der Waals surface area contributed by atoms with Gasteiger partial charge in [0.15, 0.2) is 0 Å². The summed E-state index contributed by atoms with van der Waals surface area (Å²) in [6.45, 7) is 12.6. The van der Waals surface area contributed by atoms with Crippen LogP contribution >= 0.6 is 0 Å². The van der Waals surface area contributed by atoms with Gasteiger partial charge in [0.2, 0.25) is 0 Å². The van der Waals surface area contributed by atoms with Gasteiger partial charge in [-0.2, -0.15) is 0 Å². The minimum atomic E-state index is -0.692. The van der Waals surface area contributed by atoms with E-state index in [9.17, 15) is 9.90 Å². The zero-order chi connectivity index (χ0) is 21.1. The summed E-state index contributed by atoms with van der Waals surface area (Å²) in [7, 11) is -0.576. The molecule has 4 rings (SSSR count). The minimum Gasteiger partial charge on any atom is -0.399 e. The predicted octanol–water partition coefficient (Wildman–Crippen LogP) is 1.03. The second-order valence-electron chi connectivity index (χ2n) is 9.04. The lowest BCUT2D eigenvalue weighted by Gasteiger charge is -2.32. The van der Waals surface area contributed by atoms with Gasteiger partial charge in [0.05, 0.1) is 29.3 Å². The number of benzene rings is 1. The Balaban J connectivity index is 1.85. The molecule has 156 valence electrons. The topological polar surface area (TPSA) is 95.7 Å². The maximum atomic E-state index is 13.3. The van der Waals surface area contributed by atoms with Crippen LogP contribution in [0.1, 0.15) is 51.3 Å². The van der Waals surface area contributed by atoms with Crippen LogP contribution < -0.4 is 11.0 Å². The standard InChI is InChI=1S/C20H28BN3O5/c1-11-12(2)17-13(9-14(11)21-28-19(3,4)20(5,6)29-21)18(26)24(23-22-17)15-10-27-8-7-16(15)25/h9,15-16,25H,7-8,10H2,1-6H3/t15-,16-/m0/s1. The summed E-state index contributed by atoms with van der Waals surface area (Å²) in [5, 5.41) is 19.2. The zero-order valence-corrected chi connectivity index (χ0v) is 17.9. The van der Waals surface area contributed by atoms with Crippen molar-refractivity contribution in [1.29, 1.82) is 0 Å². The van der Waals surface area contributed by atoms with Crippen molar-refractivity contribution in [2.24, 2.45) is 0 Å². The lowest BCUT2D eigenvalue weighted by molar-refractivity contribution is -0.0352. The lowest BCUT2D eigenvalue weighted by atomic mass is 9.74. The van der Waals surface area contributed by atoms with Crippen LogP contribution in [-0.2, 0) is 14.0 Å². The molecule has 1 aromatic carbocycles. The van der Waals surface area contributed by atoms with E-state index in [1.807, 2.05) is 41.5 Å². The predicted molar refractivity (Wildman–Crippen MR) is 109 cm³/mol. The first kappa shape index (κ1) is 20.5. The Kier molecular flexibility index (Phi) is 4.85. The van der Waals surface area contributed by atoms with Crippen molar-refractivity contribution >= 4 is 23.5 Å². The second-order valence-corrected chi connectivity index (χ2v) is 9.04. The Morgan fingerprint density at radius 1 is 1.17 bits per heavy atom. The molecular formula is C20H28BN3O5. The van der Waals surface area contributed by atoms with Crippen LogP contribution in [0.5, 0.6) is 0 Å². The van der Waals surface area contributed by atoms with Crippen molar-refractivity contribution in [1.82, 2.24) is 15.0 Å². The fourth-order valence-corrected chi connectivity index (χ4v) is 3.85. The van der Waals surface area contributed by atoms with Gasteiger partial charge in [-0.15, -0.1) is 5.10 Å². The molecule has 0 unspecified atom stereocenters. The van der Waals surface area contributed by atoms with E-state index in [0.29, 0.717) is 23.9 Å². The zero-order valence-electron chi connectivity index (χ0n) is 17.9. The van der Waals surface area contributed by atoms with E-state index in [1.165, 1.54) is 4.68 Å². The molecule has 0 bridgehead atoms. The monoisotopic (exact) mass is 401 g/mol. The van der Waals surface area contributed by atoms with E-state index in [0.717, 1.165) is 16.6 Å². The SMILES string of the molecule is Cc1c(B2OC(C)(C)C(C)(C)O2)cc2c(=O)n([C@H]3COCC[C@@H]3O)nnc2c1C. The summed E-state index contributed by atoms with van der Waals surface area (Å²) in [6.07, 6.45) is -0.231. The number of rotatable bonds is 2. The lowest BCUT2D eigenvalue weighted by Crippen LogP contribution is -2.42. The minimum absolute atomic E-state index is 0.232. The Labute approximate surface area is 170 Å². The van der Waals surface area contributed by atoms with Crippen LogP contribution in [0.25, 0.3) is 10.9 Å². The number of hydrogen-bond acceptors (Lipinski definition) is 7. The van der Waals surface area contributed by atoms with Crippen molar-refractivity contribution in [3.8, 4) is 0 Å². The highest BCUT2D eigenvalue weighted by Gasteiger charge is 2.52. The van der Waals surface area contributed by atoms with E-state index in [4.69, 9.17) is 14.0 Å². The van der Waals surface area contributed by atoms with Gasteiger partial charge < -0.3 is 19.2 Å². The highest BCUT2D eigenvalue weighted by molar-refractivity contribution is 6.63. The fraction of sp³-hybridized carbons (Fsp3) is 0.650. The Hall–Kier alpha value is -1.81. The van der Waals surface area contributed by atoms with Gasteiger partial charge in [-0.25, -0.2) is 4.68 Å². The van der Waals surface area contributed by atoms with Gasteiger partial charge in [-0.3, -0.25) is 4.79 Å². The van der Waals surface area contributed by atoms with Gasteiger partial charge in [0, 0.05) is 6.61 Å². The molecule has 1 aromatic heterocycles. The third kappa shape index (κ3) is 3.20. The van der Waals surface area contributed by atoms with Crippen molar-refractivity contribution in [2.45, 2.75) is 71.3 Å². The van der Waals surface area contributed by atoms with Gasteiger partial charge in [0.25, 0.3) is 5.56 Å². The van der Waals surface area contributed by atoms with E-state index >= 15 is 0 Å². The quantitative estimate of drug-likeness (QED) is 0.751. The molecule has 9 heteroatoms. The molecule has 8 nitrogen and oxygen atoms in total. The number of aromatic nitrogens is 3. The molecule has 2 aliphatic heterocycles. The number of ether oxygens (including phenoxy) is 1. The van der Waals surface area contributed by atoms with Crippen LogP contribution in [0.4, 0.5) is 0 Å². The number of aryl methyl sites for hydroxylation is 1. The molecule has 2 aromatic rings. The van der Waals surface area contributed by atoms with Crippen molar-refractivity contribution in [2.75, 3.05) is 13.2 Å². The van der Waals surface area contributed by atoms with Crippen molar-refractivity contribution in [3.05, 3.63) is 27.5 Å². The molecule has 0 aliphatic carbocycles. The molecule has 2 aliphatic rings. The Bertz CT molecular complexity index is 1000. The molecule has 29 heavy (non-hydrogen) atoms. The summed E-state index contributed by atoms with van der Waals surface area (Å²) >= 11 is 0. The average Bonchev–Trinajstić information content (AvgIpc) is 2.86. The Morgan fingerprint density at radius 3 is 2.45 bits per heavy atom. The molecule has 0 spiro atoms. The first-order valence-corrected chi connectivity index (χ1v) is 10.0. The summed E-state index contributed by atoms with van der Waals surface area (Å²) in [6, 6.07) is 1.25. The largest absolute Gasteiger partial charge is 0.495 e. The van der Waals surface area contributed by atoms with Crippen LogP contribution in [0.2, 0.25) is 0 Å². The first-order chi connectivity index (χ1) is 13.5. The van der Waals surface area contributed by atoms with Crippen molar-refractivity contribution < 1.29 is 19.2 Å². The van der Waals surface area contributed by atoms with Crippen LogP contribution in [0, 0.1) is 13.8 Å². The fourth-order valence-electron chi connectivity index (χ4n) is 3.85. The van der Waals surface area contributed by atoms with E-state index in [1.54, 1.807) is 6.07 Å². The normalized spacial score (nSPS) is 26.2. The van der Waals surface area contributed by atoms with E-state index in [-0.39, 0.29) is 12.2 Å². The molecule has 0 amide bonds. The van der Waals surface area contributed by atoms with Gasteiger partial charge in [-0.05, 0) is 70.6 Å². The molecule has 0 radical (unpaired) electrons. The number of nitrogens with zero attached hydrogens (tertiary/aromatic N) is 3.